The zero-order valence-electron chi connectivity index (χ0n) is 18.3. The first kappa shape index (κ1) is 21.1. The average Bonchev–Trinajstić information content (AvgIpc) is 2.84. The van der Waals surface area contributed by atoms with Crippen LogP contribution in [0.1, 0.15) is 17.3 Å². The van der Waals surface area contributed by atoms with E-state index in [1.54, 1.807) is 20.4 Å². The maximum Gasteiger partial charge on any atom is 0.254 e. The third kappa shape index (κ3) is 4.18. The van der Waals surface area contributed by atoms with Crippen LogP contribution < -0.4 is 20.7 Å². The molecule has 4 rings (SSSR count). The number of hydrogen-bond acceptors (Lipinski definition) is 6. The zero-order valence-corrected chi connectivity index (χ0v) is 18.3. The van der Waals surface area contributed by atoms with E-state index in [-0.39, 0.29) is 5.91 Å². The van der Waals surface area contributed by atoms with Gasteiger partial charge in [0.25, 0.3) is 5.91 Å². The Morgan fingerprint density at radius 3 is 2.50 bits per heavy atom. The second kappa shape index (κ2) is 9.34. The SMILES string of the molecule is CCNc1ccc(-c2cc3c(Nc4ccccc4)c(C(=O)NC)cnc3cc2OC)cn1. The highest BCUT2D eigenvalue weighted by Crippen LogP contribution is 2.38. The van der Waals surface area contributed by atoms with E-state index in [4.69, 9.17) is 4.74 Å². The fourth-order valence-corrected chi connectivity index (χ4v) is 3.56. The van der Waals surface area contributed by atoms with Crippen LogP contribution >= 0.6 is 0 Å². The van der Waals surface area contributed by atoms with Crippen molar-refractivity contribution in [2.45, 2.75) is 6.92 Å². The number of nitrogens with one attached hydrogen (secondary N) is 3. The molecule has 0 radical (unpaired) electrons. The molecule has 3 N–H and O–H groups in total. The molecule has 2 heterocycles. The van der Waals surface area contributed by atoms with Crippen LogP contribution in [0.3, 0.4) is 0 Å². The van der Waals surface area contributed by atoms with E-state index < -0.39 is 0 Å². The number of ether oxygens (including phenoxy) is 1. The van der Waals surface area contributed by atoms with Crippen molar-refractivity contribution in [3.63, 3.8) is 0 Å². The van der Waals surface area contributed by atoms with Crippen molar-refractivity contribution in [1.29, 1.82) is 0 Å². The summed E-state index contributed by atoms with van der Waals surface area (Å²) in [7, 11) is 3.24. The van der Waals surface area contributed by atoms with Gasteiger partial charge in [0.1, 0.15) is 11.6 Å². The summed E-state index contributed by atoms with van der Waals surface area (Å²) < 4.78 is 5.66. The third-order valence-electron chi connectivity index (χ3n) is 5.14. The van der Waals surface area contributed by atoms with Crippen molar-refractivity contribution in [2.24, 2.45) is 0 Å². The normalized spacial score (nSPS) is 10.6. The van der Waals surface area contributed by atoms with Crippen molar-refractivity contribution in [1.82, 2.24) is 15.3 Å². The summed E-state index contributed by atoms with van der Waals surface area (Å²) in [6.45, 7) is 2.83. The van der Waals surface area contributed by atoms with E-state index in [1.165, 1.54) is 0 Å². The lowest BCUT2D eigenvalue weighted by atomic mass is 10.0. The minimum absolute atomic E-state index is 0.216. The molecule has 0 aliphatic rings. The van der Waals surface area contributed by atoms with Gasteiger partial charge in [0.2, 0.25) is 0 Å². The fourth-order valence-electron chi connectivity index (χ4n) is 3.56. The molecule has 4 aromatic rings. The van der Waals surface area contributed by atoms with Crippen LogP contribution in [0.2, 0.25) is 0 Å². The number of rotatable bonds is 7. The van der Waals surface area contributed by atoms with Gasteiger partial charge in [0, 0.05) is 54.3 Å². The molecule has 162 valence electrons. The molecule has 2 aromatic heterocycles. The molecular formula is C25H25N5O2. The van der Waals surface area contributed by atoms with Crippen molar-refractivity contribution >= 4 is 34.0 Å². The monoisotopic (exact) mass is 427 g/mol. The summed E-state index contributed by atoms with van der Waals surface area (Å²) in [6.07, 6.45) is 3.39. The van der Waals surface area contributed by atoms with Crippen LogP contribution in [-0.4, -0.2) is 36.6 Å². The molecule has 7 nitrogen and oxygen atoms in total. The maximum absolute atomic E-state index is 12.6. The standard InChI is InChI=1S/C25H25N5O2/c1-4-27-23-11-10-16(14-29-23)18-12-19-21(13-22(18)32-3)28-15-20(25(31)26-2)24(19)30-17-8-6-5-7-9-17/h5-15H,4H2,1-3H3,(H,26,31)(H,27,29)(H,28,30). The molecule has 2 aromatic carbocycles. The number of benzene rings is 2. The Labute approximate surface area is 186 Å². The van der Waals surface area contributed by atoms with Crippen molar-refractivity contribution in [3.8, 4) is 16.9 Å². The number of carbonyl (C=O) groups is 1. The molecular weight excluding hydrogens is 402 g/mol. The minimum atomic E-state index is -0.216. The quantitative estimate of drug-likeness (QED) is 0.391. The lowest BCUT2D eigenvalue weighted by Gasteiger charge is -2.17. The van der Waals surface area contributed by atoms with Crippen LogP contribution in [0.25, 0.3) is 22.0 Å². The molecule has 1 amide bonds. The van der Waals surface area contributed by atoms with Crippen LogP contribution in [0.4, 0.5) is 17.2 Å². The molecule has 0 saturated carbocycles. The van der Waals surface area contributed by atoms with E-state index in [9.17, 15) is 4.79 Å². The van der Waals surface area contributed by atoms with Gasteiger partial charge in [-0.2, -0.15) is 0 Å². The number of hydrogen-bond donors (Lipinski definition) is 3. The Hall–Kier alpha value is -4.13. The highest BCUT2D eigenvalue weighted by molar-refractivity contribution is 6.09. The average molecular weight is 428 g/mol. The smallest absolute Gasteiger partial charge is 0.254 e. The molecule has 0 saturated heterocycles. The largest absolute Gasteiger partial charge is 0.496 e. The van der Waals surface area contributed by atoms with Crippen LogP contribution in [0, 0.1) is 0 Å². The predicted molar refractivity (Wildman–Crippen MR) is 129 cm³/mol. The Morgan fingerprint density at radius 1 is 1.03 bits per heavy atom. The first-order valence-corrected chi connectivity index (χ1v) is 10.4. The molecule has 0 spiro atoms. The summed E-state index contributed by atoms with van der Waals surface area (Å²) in [4.78, 5) is 21.6. The lowest BCUT2D eigenvalue weighted by molar-refractivity contribution is 0.0963. The molecule has 0 fully saturated rings. The maximum atomic E-state index is 12.6. The fraction of sp³-hybridized carbons (Fsp3) is 0.160. The number of carbonyl (C=O) groups excluding carboxylic acids is 1. The summed E-state index contributed by atoms with van der Waals surface area (Å²) in [6, 6.07) is 17.5. The van der Waals surface area contributed by atoms with E-state index in [0.29, 0.717) is 22.5 Å². The van der Waals surface area contributed by atoms with Gasteiger partial charge < -0.3 is 20.7 Å². The first-order valence-electron chi connectivity index (χ1n) is 10.4. The number of pyridine rings is 2. The second-order valence-electron chi connectivity index (χ2n) is 7.15. The summed E-state index contributed by atoms with van der Waals surface area (Å²) in [5.41, 5.74) is 4.50. The van der Waals surface area contributed by atoms with Crippen LogP contribution in [0.5, 0.6) is 5.75 Å². The summed E-state index contributed by atoms with van der Waals surface area (Å²) in [5, 5.41) is 10.1. The number of aromatic nitrogens is 2. The van der Waals surface area contributed by atoms with Gasteiger partial charge in [0.15, 0.2) is 0 Å². The van der Waals surface area contributed by atoms with E-state index >= 15 is 0 Å². The minimum Gasteiger partial charge on any atom is -0.496 e. The van der Waals surface area contributed by atoms with E-state index in [1.807, 2.05) is 67.7 Å². The van der Waals surface area contributed by atoms with Crippen molar-refractivity contribution in [3.05, 3.63) is 72.6 Å². The summed E-state index contributed by atoms with van der Waals surface area (Å²) >= 11 is 0. The number of nitrogens with zero attached hydrogens (tertiary/aromatic N) is 2. The Bertz CT molecular complexity index is 1240. The van der Waals surface area contributed by atoms with Gasteiger partial charge in [-0.15, -0.1) is 0 Å². The van der Waals surface area contributed by atoms with Gasteiger partial charge in [-0.25, -0.2) is 4.98 Å². The Kier molecular flexibility index (Phi) is 6.17. The van der Waals surface area contributed by atoms with Gasteiger partial charge in [-0.1, -0.05) is 18.2 Å². The molecule has 32 heavy (non-hydrogen) atoms. The van der Waals surface area contributed by atoms with Crippen LogP contribution in [0.15, 0.2) is 67.0 Å². The highest BCUT2D eigenvalue weighted by atomic mass is 16.5. The number of para-hydroxylation sites is 1. The predicted octanol–water partition coefficient (Wildman–Crippen LogP) is 4.84. The molecule has 0 bridgehead atoms. The highest BCUT2D eigenvalue weighted by Gasteiger charge is 2.18. The van der Waals surface area contributed by atoms with Crippen LogP contribution in [-0.2, 0) is 0 Å². The zero-order chi connectivity index (χ0) is 22.5. The number of anilines is 3. The van der Waals surface area contributed by atoms with Gasteiger partial charge in [0.05, 0.1) is 23.9 Å². The number of methoxy groups -OCH3 is 1. The van der Waals surface area contributed by atoms with Gasteiger partial charge in [-0.3, -0.25) is 9.78 Å². The Balaban J connectivity index is 1.92. The Morgan fingerprint density at radius 2 is 1.84 bits per heavy atom. The topological polar surface area (TPSA) is 88.2 Å². The molecule has 0 atom stereocenters. The van der Waals surface area contributed by atoms with E-state index in [2.05, 4.69) is 25.9 Å². The molecule has 0 aliphatic heterocycles. The lowest BCUT2D eigenvalue weighted by Crippen LogP contribution is -2.19. The first-order chi connectivity index (χ1) is 15.6. The second-order valence-corrected chi connectivity index (χ2v) is 7.15. The van der Waals surface area contributed by atoms with Gasteiger partial charge in [-0.05, 0) is 37.3 Å². The van der Waals surface area contributed by atoms with E-state index in [0.717, 1.165) is 34.6 Å². The molecule has 7 heteroatoms. The molecule has 0 unspecified atom stereocenters. The van der Waals surface area contributed by atoms with Gasteiger partial charge >= 0.3 is 0 Å². The number of fused-ring (bicyclic) bond motifs is 1. The summed E-state index contributed by atoms with van der Waals surface area (Å²) in [5.74, 6) is 1.28. The van der Waals surface area contributed by atoms with Crippen molar-refractivity contribution < 1.29 is 9.53 Å². The third-order valence-corrected chi connectivity index (χ3v) is 5.14. The molecule has 0 aliphatic carbocycles. The van der Waals surface area contributed by atoms with Crippen molar-refractivity contribution in [2.75, 3.05) is 31.3 Å². The number of amides is 1.